The van der Waals surface area contributed by atoms with Crippen molar-refractivity contribution in [2.75, 3.05) is 6.54 Å². The van der Waals surface area contributed by atoms with Crippen molar-refractivity contribution in [2.24, 2.45) is 5.73 Å². The van der Waals surface area contributed by atoms with Crippen LogP contribution >= 0.6 is 0 Å². The monoisotopic (exact) mass is 757 g/mol. The van der Waals surface area contributed by atoms with E-state index in [2.05, 4.69) is 31.2 Å². The Balaban J connectivity index is 1.18. The Bertz CT molecular complexity index is 2320. The number of H-pyrrole nitrogens is 2. The van der Waals surface area contributed by atoms with Crippen LogP contribution in [0.4, 0.5) is 0 Å². The third kappa shape index (κ3) is 9.98. The topological polar surface area (TPSA) is 232 Å². The van der Waals surface area contributed by atoms with Crippen LogP contribution in [0.25, 0.3) is 21.8 Å². The quantitative estimate of drug-likeness (QED) is 0.0670. The van der Waals surface area contributed by atoms with Gasteiger partial charge in [0, 0.05) is 53.5 Å². The summed E-state index contributed by atoms with van der Waals surface area (Å²) in [5.41, 5.74) is 10.8. The molecule has 10 N–H and O–H groups in total. The minimum Gasteiger partial charge on any atom is -0.508 e. The van der Waals surface area contributed by atoms with E-state index in [-0.39, 0.29) is 31.4 Å². The molecule has 0 saturated carbocycles. The summed E-state index contributed by atoms with van der Waals surface area (Å²) in [6, 6.07) is 25.5. The molecule has 2 heterocycles. The average molecular weight is 758 g/mol. The lowest BCUT2D eigenvalue weighted by atomic mass is 10.0. The van der Waals surface area contributed by atoms with Gasteiger partial charge >= 0.3 is 5.97 Å². The first-order valence-electron chi connectivity index (χ1n) is 18.1. The highest BCUT2D eigenvalue weighted by Gasteiger charge is 2.30. The Morgan fingerprint density at radius 2 is 1.09 bits per heavy atom. The number of phenolic OH excluding ortho intramolecular Hbond substituents is 1. The third-order valence-electron chi connectivity index (χ3n) is 9.53. The summed E-state index contributed by atoms with van der Waals surface area (Å²) in [6.07, 6.45) is 3.66. The minimum atomic E-state index is -1.28. The number of aromatic hydroxyl groups is 1. The predicted molar refractivity (Wildman–Crippen MR) is 210 cm³/mol. The van der Waals surface area contributed by atoms with Crippen LogP contribution < -0.4 is 27.0 Å². The number of phenols is 1. The van der Waals surface area contributed by atoms with E-state index in [0.29, 0.717) is 16.7 Å². The molecule has 288 valence electrons. The summed E-state index contributed by atoms with van der Waals surface area (Å²) in [7, 11) is 0. The zero-order chi connectivity index (χ0) is 39.6. The molecule has 14 nitrogen and oxygen atoms in total. The van der Waals surface area contributed by atoms with Gasteiger partial charge in [0.25, 0.3) is 0 Å². The number of hydrogen-bond acceptors (Lipinski definition) is 7. The Kier molecular flexibility index (Phi) is 12.4. The van der Waals surface area contributed by atoms with Crippen molar-refractivity contribution in [2.45, 2.75) is 49.9 Å². The molecule has 4 amide bonds. The molecule has 0 bridgehead atoms. The van der Waals surface area contributed by atoms with Gasteiger partial charge in [-0.25, -0.2) is 4.79 Å². The van der Waals surface area contributed by atoms with Gasteiger partial charge in [-0.1, -0.05) is 78.9 Å². The summed E-state index contributed by atoms with van der Waals surface area (Å²) >= 11 is 0. The lowest BCUT2D eigenvalue weighted by molar-refractivity contribution is -0.141. The van der Waals surface area contributed by atoms with E-state index in [0.717, 1.165) is 27.4 Å². The molecule has 4 atom stereocenters. The molecular weight excluding hydrogens is 715 g/mol. The first-order chi connectivity index (χ1) is 27.0. The molecule has 0 aliphatic rings. The van der Waals surface area contributed by atoms with E-state index in [9.17, 15) is 34.2 Å². The standard InChI is InChI=1S/C42H43N7O7/c43-32(18-25-8-2-1-3-9-25)39(52)48-35(19-26-14-16-29(50)17-15-26)41(54)49-36(20-27-22-44-33-12-6-4-10-30(27)33)40(53)46-24-38(51)47-37(42(55)56)21-28-23-45-34-13-7-5-11-31(28)34/h1-17,22-23,32,35-37,44-45,50H,18-21,24,43H2,(H,46,53)(H,47,51)(H,48,52)(H,49,54)(H,55,56). The van der Waals surface area contributed by atoms with Crippen LogP contribution in [0.5, 0.6) is 5.75 Å². The zero-order valence-electron chi connectivity index (χ0n) is 30.3. The normalized spacial score (nSPS) is 13.3. The van der Waals surface area contributed by atoms with Crippen molar-refractivity contribution in [3.8, 4) is 5.75 Å². The number of nitrogens with one attached hydrogen (secondary N) is 6. The third-order valence-corrected chi connectivity index (χ3v) is 9.53. The van der Waals surface area contributed by atoms with Crippen molar-refractivity contribution in [3.05, 3.63) is 138 Å². The number of aliphatic carboxylic acids is 1. The van der Waals surface area contributed by atoms with Crippen molar-refractivity contribution in [1.82, 2.24) is 31.2 Å². The van der Waals surface area contributed by atoms with E-state index in [1.165, 1.54) is 12.1 Å². The first kappa shape index (κ1) is 38.8. The number of carboxylic acid groups (broad SMARTS) is 1. The maximum absolute atomic E-state index is 14.1. The van der Waals surface area contributed by atoms with Gasteiger partial charge in [-0.15, -0.1) is 0 Å². The molecular formula is C42H43N7O7. The fraction of sp³-hybridized carbons (Fsp3) is 0.214. The van der Waals surface area contributed by atoms with E-state index >= 15 is 0 Å². The van der Waals surface area contributed by atoms with Crippen LogP contribution in [0.3, 0.4) is 0 Å². The number of carbonyl (C=O) groups is 5. The number of carbonyl (C=O) groups excluding carboxylic acids is 4. The number of nitrogens with two attached hydrogens (primary N) is 1. The summed E-state index contributed by atoms with van der Waals surface area (Å²) < 4.78 is 0. The molecule has 56 heavy (non-hydrogen) atoms. The highest BCUT2D eigenvalue weighted by molar-refractivity contribution is 5.95. The smallest absolute Gasteiger partial charge is 0.326 e. The summed E-state index contributed by atoms with van der Waals surface area (Å²) in [6.45, 7) is -0.571. The molecule has 0 spiro atoms. The second kappa shape index (κ2) is 17.9. The van der Waals surface area contributed by atoms with E-state index in [1.54, 1.807) is 24.5 Å². The van der Waals surface area contributed by atoms with Crippen molar-refractivity contribution in [3.63, 3.8) is 0 Å². The number of carboxylic acids is 1. The van der Waals surface area contributed by atoms with Gasteiger partial charge in [0.2, 0.25) is 23.6 Å². The Morgan fingerprint density at radius 1 is 0.571 bits per heavy atom. The van der Waals surface area contributed by atoms with Gasteiger partial charge in [-0.3, -0.25) is 19.2 Å². The molecule has 4 aromatic carbocycles. The summed E-state index contributed by atoms with van der Waals surface area (Å²) in [5, 5.41) is 32.0. The Hall–Kier alpha value is -6.93. The molecule has 0 aliphatic heterocycles. The van der Waals surface area contributed by atoms with Gasteiger partial charge in [0.15, 0.2) is 0 Å². The first-order valence-corrected chi connectivity index (χ1v) is 18.1. The van der Waals surface area contributed by atoms with Crippen LogP contribution in [0.2, 0.25) is 0 Å². The van der Waals surface area contributed by atoms with Crippen LogP contribution in [0, 0.1) is 0 Å². The fourth-order valence-electron chi connectivity index (χ4n) is 6.57. The highest BCUT2D eigenvalue weighted by Crippen LogP contribution is 2.21. The van der Waals surface area contributed by atoms with Gasteiger partial charge in [0.1, 0.15) is 23.9 Å². The maximum Gasteiger partial charge on any atom is 0.326 e. The Labute approximate surface area is 321 Å². The molecule has 0 radical (unpaired) electrons. The van der Waals surface area contributed by atoms with Crippen LogP contribution in [0.15, 0.2) is 116 Å². The molecule has 0 saturated heterocycles. The largest absolute Gasteiger partial charge is 0.508 e. The number of rotatable bonds is 17. The lowest BCUT2D eigenvalue weighted by Crippen LogP contribution is -2.57. The van der Waals surface area contributed by atoms with Gasteiger partial charge in [-0.05, 0) is 52.9 Å². The molecule has 0 fully saturated rings. The van der Waals surface area contributed by atoms with Crippen molar-refractivity contribution in [1.29, 1.82) is 0 Å². The van der Waals surface area contributed by atoms with Crippen LogP contribution in [-0.4, -0.2) is 80.5 Å². The van der Waals surface area contributed by atoms with Crippen molar-refractivity contribution >= 4 is 51.4 Å². The zero-order valence-corrected chi connectivity index (χ0v) is 30.3. The van der Waals surface area contributed by atoms with Gasteiger partial charge < -0.3 is 47.2 Å². The van der Waals surface area contributed by atoms with Crippen LogP contribution in [-0.2, 0) is 49.7 Å². The SMILES string of the molecule is NC(Cc1ccccc1)C(=O)NC(Cc1ccc(O)cc1)C(=O)NC(Cc1c[nH]c2ccccc12)C(=O)NCC(=O)NC(Cc1c[nH]c2ccccc12)C(=O)O. The minimum absolute atomic E-state index is 0.00141. The average Bonchev–Trinajstić information content (AvgIpc) is 3.81. The number of aromatic nitrogens is 2. The number of benzene rings is 4. The van der Waals surface area contributed by atoms with Gasteiger partial charge in [-0.2, -0.15) is 0 Å². The van der Waals surface area contributed by atoms with Gasteiger partial charge in [0.05, 0.1) is 12.6 Å². The number of amides is 4. The van der Waals surface area contributed by atoms with Crippen molar-refractivity contribution < 1.29 is 34.2 Å². The van der Waals surface area contributed by atoms with E-state index in [4.69, 9.17) is 5.73 Å². The molecule has 2 aromatic heterocycles. The number of para-hydroxylation sites is 2. The number of hydrogen-bond donors (Lipinski definition) is 9. The maximum atomic E-state index is 14.1. The Morgan fingerprint density at radius 3 is 1.70 bits per heavy atom. The molecule has 6 aromatic rings. The highest BCUT2D eigenvalue weighted by atomic mass is 16.4. The number of fused-ring (bicyclic) bond motifs is 2. The van der Waals surface area contributed by atoms with E-state index < -0.39 is 60.3 Å². The van der Waals surface area contributed by atoms with E-state index in [1.807, 2.05) is 78.9 Å². The fourth-order valence-corrected chi connectivity index (χ4v) is 6.57. The predicted octanol–water partition coefficient (Wildman–Crippen LogP) is 2.61. The molecule has 6 rings (SSSR count). The molecule has 0 aliphatic carbocycles. The molecule has 4 unspecified atom stereocenters. The molecule has 14 heteroatoms. The second-order valence-electron chi connectivity index (χ2n) is 13.6. The lowest BCUT2D eigenvalue weighted by Gasteiger charge is -2.24. The number of aromatic amines is 2. The summed E-state index contributed by atoms with van der Waals surface area (Å²) in [5.74, 6) is -3.94. The van der Waals surface area contributed by atoms with Crippen LogP contribution in [0.1, 0.15) is 22.3 Å². The second-order valence-corrected chi connectivity index (χ2v) is 13.6. The summed E-state index contributed by atoms with van der Waals surface area (Å²) in [4.78, 5) is 72.8.